The second-order valence-corrected chi connectivity index (χ2v) is 8.72. The Morgan fingerprint density at radius 3 is 2.45 bits per heavy atom. The van der Waals surface area contributed by atoms with Crippen molar-refractivity contribution in [2.75, 3.05) is 18.0 Å². The summed E-state index contributed by atoms with van der Waals surface area (Å²) in [5, 5.41) is 10.7. The lowest BCUT2D eigenvalue weighted by atomic mass is 9.84. The van der Waals surface area contributed by atoms with Gasteiger partial charge in [0, 0.05) is 24.3 Å². The number of benzene rings is 2. The molecule has 0 radical (unpaired) electrons. The molecule has 29 heavy (non-hydrogen) atoms. The molecule has 1 saturated heterocycles. The van der Waals surface area contributed by atoms with Crippen LogP contribution in [0.2, 0.25) is 0 Å². The van der Waals surface area contributed by atoms with Crippen molar-refractivity contribution in [2.45, 2.75) is 51.9 Å². The highest BCUT2D eigenvalue weighted by molar-refractivity contribution is 5.94. The molecule has 0 saturated carbocycles. The molecule has 0 aromatic heterocycles. The van der Waals surface area contributed by atoms with Crippen LogP contribution < -0.4 is 9.64 Å². The van der Waals surface area contributed by atoms with Gasteiger partial charge in [0.2, 0.25) is 0 Å². The molecule has 2 aromatic rings. The Balaban J connectivity index is 1.44. The van der Waals surface area contributed by atoms with Gasteiger partial charge in [0.05, 0.1) is 11.3 Å². The van der Waals surface area contributed by atoms with Gasteiger partial charge in [-0.1, -0.05) is 26.0 Å². The van der Waals surface area contributed by atoms with E-state index >= 15 is 0 Å². The summed E-state index contributed by atoms with van der Waals surface area (Å²) >= 11 is 0. The van der Waals surface area contributed by atoms with Gasteiger partial charge in [-0.2, -0.15) is 0 Å². The Bertz CT molecular complexity index is 870. The van der Waals surface area contributed by atoms with Gasteiger partial charge in [-0.05, 0) is 68.5 Å². The predicted molar refractivity (Wildman–Crippen MR) is 115 cm³/mol. The van der Waals surface area contributed by atoms with Crippen molar-refractivity contribution < 1.29 is 14.6 Å². The van der Waals surface area contributed by atoms with Crippen LogP contribution in [0.15, 0.2) is 48.5 Å². The molecule has 1 atom stereocenters. The molecule has 4 rings (SSSR count). The summed E-state index contributed by atoms with van der Waals surface area (Å²) in [6.45, 7) is 7.48. The zero-order valence-electron chi connectivity index (χ0n) is 17.5. The van der Waals surface area contributed by atoms with Gasteiger partial charge in [-0.15, -0.1) is 0 Å². The van der Waals surface area contributed by atoms with Crippen LogP contribution in [0, 0.1) is 5.92 Å². The summed E-state index contributed by atoms with van der Waals surface area (Å²) in [7, 11) is 0. The first-order valence-corrected chi connectivity index (χ1v) is 10.5. The number of nitrogens with zero attached hydrogens (tertiary/aromatic N) is 2. The monoisotopic (exact) mass is 394 g/mol. The Morgan fingerprint density at radius 2 is 1.79 bits per heavy atom. The lowest BCUT2D eigenvalue weighted by Gasteiger charge is -2.39. The molecule has 2 heterocycles. The third-order valence-electron chi connectivity index (χ3n) is 5.95. The van der Waals surface area contributed by atoms with Crippen molar-refractivity contribution in [3.8, 4) is 5.75 Å². The zero-order valence-corrected chi connectivity index (χ0v) is 17.5. The van der Waals surface area contributed by atoms with Gasteiger partial charge >= 0.3 is 0 Å². The number of fused-ring (bicyclic) bond motifs is 1. The fourth-order valence-electron chi connectivity index (χ4n) is 4.57. The second kappa shape index (κ2) is 7.71. The highest BCUT2D eigenvalue weighted by Crippen LogP contribution is 2.41. The molecule has 5 heteroatoms. The summed E-state index contributed by atoms with van der Waals surface area (Å²) in [5.41, 5.74) is 2.10. The molecule has 1 fully saturated rings. The van der Waals surface area contributed by atoms with E-state index in [4.69, 9.17) is 4.74 Å². The quantitative estimate of drug-likeness (QED) is 0.825. The van der Waals surface area contributed by atoms with Crippen LogP contribution in [0.4, 0.5) is 11.4 Å². The van der Waals surface area contributed by atoms with E-state index in [0.717, 1.165) is 23.5 Å². The normalized spacial score (nSPS) is 20.5. The van der Waals surface area contributed by atoms with Gasteiger partial charge in [0.1, 0.15) is 5.75 Å². The van der Waals surface area contributed by atoms with Crippen LogP contribution in [-0.2, 0) is 0 Å². The lowest BCUT2D eigenvalue weighted by Crippen LogP contribution is -2.47. The van der Waals surface area contributed by atoms with Crippen LogP contribution in [0.1, 0.15) is 50.4 Å². The van der Waals surface area contributed by atoms with Crippen LogP contribution >= 0.6 is 0 Å². The molecule has 2 aliphatic heterocycles. The number of likely N-dealkylation sites (tertiary alicyclic amines) is 1. The topological polar surface area (TPSA) is 53.0 Å². The minimum absolute atomic E-state index is 0.0364. The number of para-hydroxylation sites is 2. The van der Waals surface area contributed by atoms with Gasteiger partial charge in [-0.25, -0.2) is 0 Å². The summed E-state index contributed by atoms with van der Waals surface area (Å²) in [6, 6.07) is 15.7. The Kier molecular flexibility index (Phi) is 5.26. The molecule has 154 valence electrons. The maximum atomic E-state index is 12.9. The molecule has 5 nitrogen and oxygen atoms in total. The molecule has 0 bridgehead atoms. The third-order valence-corrected chi connectivity index (χ3v) is 5.95. The molecule has 2 aliphatic rings. The fourth-order valence-corrected chi connectivity index (χ4v) is 4.57. The summed E-state index contributed by atoms with van der Waals surface area (Å²) in [6.07, 6.45) is 2.00. The highest BCUT2D eigenvalue weighted by Gasteiger charge is 2.34. The number of rotatable bonds is 4. The van der Waals surface area contributed by atoms with Crippen molar-refractivity contribution in [1.82, 2.24) is 4.90 Å². The Morgan fingerprint density at radius 1 is 1.14 bits per heavy atom. The molecule has 1 N–H and O–H groups in total. The minimum atomic E-state index is -0.631. The number of aliphatic hydroxyl groups is 1. The SMILES string of the molecule is CC(C)CC1(O)CCN(C(=O)c2ccc(N3c4ccccc4OC3C)cc2)CC1. The molecule has 1 unspecified atom stereocenters. The van der Waals surface area contributed by atoms with E-state index in [1.54, 1.807) is 0 Å². The maximum Gasteiger partial charge on any atom is 0.253 e. The molecule has 2 aromatic carbocycles. The largest absolute Gasteiger partial charge is 0.468 e. The second-order valence-electron chi connectivity index (χ2n) is 8.72. The number of ether oxygens (including phenoxy) is 1. The van der Waals surface area contributed by atoms with E-state index in [0.29, 0.717) is 37.4 Å². The van der Waals surface area contributed by atoms with Gasteiger partial charge in [0.15, 0.2) is 6.23 Å². The van der Waals surface area contributed by atoms with Crippen molar-refractivity contribution >= 4 is 17.3 Å². The summed E-state index contributed by atoms with van der Waals surface area (Å²) < 4.78 is 5.92. The van der Waals surface area contributed by atoms with Crippen LogP contribution in [0.5, 0.6) is 5.75 Å². The zero-order chi connectivity index (χ0) is 20.6. The number of amides is 1. The molecule has 0 aliphatic carbocycles. The first kappa shape index (κ1) is 19.8. The molecule has 0 spiro atoms. The minimum Gasteiger partial charge on any atom is -0.468 e. The maximum absolute atomic E-state index is 12.9. The summed E-state index contributed by atoms with van der Waals surface area (Å²) in [4.78, 5) is 16.9. The highest BCUT2D eigenvalue weighted by atomic mass is 16.5. The predicted octanol–water partition coefficient (Wildman–Crippen LogP) is 4.58. The number of hydrogen-bond donors (Lipinski definition) is 1. The van der Waals surface area contributed by atoms with E-state index < -0.39 is 5.60 Å². The lowest BCUT2D eigenvalue weighted by molar-refractivity contribution is -0.0311. The standard InChI is InChI=1S/C24H30N2O3/c1-17(2)16-24(28)12-14-25(15-13-24)23(27)19-8-10-20(11-9-19)26-18(3)29-22-7-5-4-6-21(22)26/h4-11,17-18,28H,12-16H2,1-3H3. The molecular formula is C24H30N2O3. The number of carbonyl (C=O) groups excluding carboxylic acids is 1. The van der Waals surface area contributed by atoms with E-state index in [1.807, 2.05) is 60.4 Å². The third kappa shape index (κ3) is 3.97. The van der Waals surface area contributed by atoms with Crippen molar-refractivity contribution in [2.24, 2.45) is 5.92 Å². The van der Waals surface area contributed by atoms with E-state index in [9.17, 15) is 9.90 Å². The van der Waals surface area contributed by atoms with Gasteiger partial charge in [0.25, 0.3) is 5.91 Å². The van der Waals surface area contributed by atoms with Crippen LogP contribution in [-0.4, -0.2) is 40.8 Å². The van der Waals surface area contributed by atoms with Crippen LogP contribution in [0.3, 0.4) is 0 Å². The Hall–Kier alpha value is -2.53. The first-order valence-electron chi connectivity index (χ1n) is 10.5. The van der Waals surface area contributed by atoms with E-state index in [1.165, 1.54) is 0 Å². The van der Waals surface area contributed by atoms with E-state index in [-0.39, 0.29) is 12.1 Å². The number of piperidine rings is 1. The van der Waals surface area contributed by atoms with Crippen molar-refractivity contribution in [3.05, 3.63) is 54.1 Å². The molecule has 1 amide bonds. The van der Waals surface area contributed by atoms with E-state index in [2.05, 4.69) is 18.7 Å². The smallest absolute Gasteiger partial charge is 0.253 e. The number of anilines is 2. The average Bonchev–Trinajstić information content (AvgIpc) is 3.03. The van der Waals surface area contributed by atoms with Gasteiger partial charge < -0.3 is 19.6 Å². The molecular weight excluding hydrogens is 364 g/mol. The van der Waals surface area contributed by atoms with Crippen molar-refractivity contribution in [1.29, 1.82) is 0 Å². The average molecular weight is 395 g/mol. The number of hydrogen-bond acceptors (Lipinski definition) is 4. The fraction of sp³-hybridized carbons (Fsp3) is 0.458. The number of carbonyl (C=O) groups is 1. The Labute approximate surface area is 172 Å². The van der Waals surface area contributed by atoms with Crippen molar-refractivity contribution in [3.63, 3.8) is 0 Å². The van der Waals surface area contributed by atoms with Crippen LogP contribution in [0.25, 0.3) is 0 Å². The summed E-state index contributed by atoms with van der Waals surface area (Å²) in [5.74, 6) is 1.37. The van der Waals surface area contributed by atoms with Gasteiger partial charge in [-0.3, -0.25) is 4.79 Å². The first-order chi connectivity index (χ1) is 13.9.